The van der Waals surface area contributed by atoms with Crippen LogP contribution in [0.1, 0.15) is 51.9 Å². The van der Waals surface area contributed by atoms with E-state index in [0.29, 0.717) is 12.0 Å². The Kier molecular flexibility index (Phi) is 3.95. The molecular weight excluding hydrogens is 216 g/mol. The van der Waals surface area contributed by atoms with E-state index in [9.17, 15) is 4.79 Å². The summed E-state index contributed by atoms with van der Waals surface area (Å²) in [5.74, 6) is 1.66. The fourth-order valence-electron chi connectivity index (χ4n) is 3.94. The fraction of sp³-hybridized carbons (Fsp3) is 0.929. The summed E-state index contributed by atoms with van der Waals surface area (Å²) in [5.41, 5.74) is 0.567. The molecule has 0 aliphatic heterocycles. The molecule has 0 N–H and O–H groups in total. The van der Waals surface area contributed by atoms with Crippen molar-refractivity contribution in [1.29, 1.82) is 0 Å². The van der Waals surface area contributed by atoms with Crippen molar-refractivity contribution in [2.75, 3.05) is 13.7 Å². The second-order valence-corrected chi connectivity index (χ2v) is 6.17. The first-order valence-electron chi connectivity index (χ1n) is 6.82. The maximum absolute atomic E-state index is 10.9. The van der Waals surface area contributed by atoms with E-state index in [1.54, 1.807) is 0 Å². The first-order valence-corrected chi connectivity index (χ1v) is 6.82. The van der Waals surface area contributed by atoms with Crippen LogP contribution in [0.2, 0.25) is 0 Å². The van der Waals surface area contributed by atoms with Crippen LogP contribution in [0.25, 0.3) is 0 Å². The monoisotopic (exact) mass is 240 g/mol. The highest BCUT2D eigenvalue weighted by Crippen LogP contribution is 2.51. The molecule has 0 aromatic rings. The molecular formula is C14H24O3. The summed E-state index contributed by atoms with van der Waals surface area (Å²) < 4.78 is 9.46. The zero-order chi connectivity index (χ0) is 12.3. The van der Waals surface area contributed by atoms with Gasteiger partial charge in [-0.05, 0) is 49.4 Å². The summed E-state index contributed by atoms with van der Waals surface area (Å²) in [6.45, 7) is 2.95. The number of methoxy groups -OCH3 is 1. The predicted octanol–water partition coefficient (Wildman–Crippen LogP) is 3.77. The van der Waals surface area contributed by atoms with E-state index < -0.39 is 6.16 Å². The Hall–Kier alpha value is -0.730. The fourth-order valence-corrected chi connectivity index (χ4v) is 3.94. The number of carbonyl (C=O) groups excluding carboxylic acids is 1. The van der Waals surface area contributed by atoms with Gasteiger partial charge in [0, 0.05) is 0 Å². The molecule has 0 spiro atoms. The Morgan fingerprint density at radius 3 is 2.94 bits per heavy atom. The molecule has 2 bridgehead atoms. The average Bonchev–Trinajstić information content (AvgIpc) is 2.27. The number of hydrogen-bond donors (Lipinski definition) is 0. The predicted molar refractivity (Wildman–Crippen MR) is 65.8 cm³/mol. The molecule has 3 heteroatoms. The Balaban J connectivity index is 1.76. The lowest BCUT2D eigenvalue weighted by molar-refractivity contribution is 0.0325. The lowest BCUT2D eigenvalue weighted by Gasteiger charge is -2.46. The van der Waals surface area contributed by atoms with Crippen LogP contribution in [0.3, 0.4) is 0 Å². The molecule has 0 heterocycles. The van der Waals surface area contributed by atoms with E-state index in [1.165, 1.54) is 45.6 Å². The molecule has 0 aromatic heterocycles. The SMILES string of the molecule is COC(=O)OCCC1CC2CCCC(C)(C2)C1. The Morgan fingerprint density at radius 1 is 1.41 bits per heavy atom. The van der Waals surface area contributed by atoms with Crippen molar-refractivity contribution in [3.63, 3.8) is 0 Å². The number of rotatable bonds is 3. The third kappa shape index (κ3) is 3.36. The van der Waals surface area contributed by atoms with Crippen LogP contribution >= 0.6 is 0 Å². The van der Waals surface area contributed by atoms with E-state index in [-0.39, 0.29) is 0 Å². The van der Waals surface area contributed by atoms with Crippen LogP contribution in [0.15, 0.2) is 0 Å². The molecule has 2 saturated carbocycles. The minimum Gasteiger partial charge on any atom is -0.438 e. The van der Waals surface area contributed by atoms with Gasteiger partial charge in [0.15, 0.2) is 0 Å². The first kappa shape index (κ1) is 12.7. The van der Waals surface area contributed by atoms with Gasteiger partial charge < -0.3 is 9.47 Å². The molecule has 17 heavy (non-hydrogen) atoms. The number of hydrogen-bond acceptors (Lipinski definition) is 3. The van der Waals surface area contributed by atoms with E-state index in [1.807, 2.05) is 0 Å². The molecule has 2 aliphatic rings. The van der Waals surface area contributed by atoms with Crippen LogP contribution in [0, 0.1) is 17.3 Å². The van der Waals surface area contributed by atoms with Gasteiger partial charge in [0.2, 0.25) is 0 Å². The van der Waals surface area contributed by atoms with Crippen LogP contribution < -0.4 is 0 Å². The van der Waals surface area contributed by atoms with E-state index in [0.717, 1.165) is 18.3 Å². The van der Waals surface area contributed by atoms with Crippen LogP contribution in [0.5, 0.6) is 0 Å². The van der Waals surface area contributed by atoms with Gasteiger partial charge >= 0.3 is 6.16 Å². The van der Waals surface area contributed by atoms with Crippen LogP contribution in [0.4, 0.5) is 4.79 Å². The second-order valence-electron chi connectivity index (χ2n) is 6.17. The third-order valence-corrected chi connectivity index (χ3v) is 4.53. The highest BCUT2D eigenvalue weighted by atomic mass is 16.7. The maximum Gasteiger partial charge on any atom is 0.507 e. The van der Waals surface area contributed by atoms with Gasteiger partial charge in [-0.2, -0.15) is 0 Å². The number of fused-ring (bicyclic) bond motifs is 2. The minimum absolute atomic E-state index is 0.514. The van der Waals surface area contributed by atoms with Gasteiger partial charge in [-0.3, -0.25) is 0 Å². The van der Waals surface area contributed by atoms with Gasteiger partial charge in [0.25, 0.3) is 0 Å². The highest BCUT2D eigenvalue weighted by molar-refractivity contribution is 5.59. The molecule has 0 radical (unpaired) electrons. The second kappa shape index (κ2) is 5.28. The van der Waals surface area contributed by atoms with E-state index in [2.05, 4.69) is 11.7 Å². The van der Waals surface area contributed by atoms with Crippen molar-refractivity contribution in [3.05, 3.63) is 0 Å². The van der Waals surface area contributed by atoms with Gasteiger partial charge in [-0.1, -0.05) is 19.8 Å². The summed E-state index contributed by atoms with van der Waals surface area (Å²) in [4.78, 5) is 10.9. The summed E-state index contributed by atoms with van der Waals surface area (Å²) in [5, 5.41) is 0. The van der Waals surface area contributed by atoms with Gasteiger partial charge in [0.05, 0.1) is 13.7 Å². The highest BCUT2D eigenvalue weighted by Gasteiger charge is 2.39. The molecule has 0 saturated heterocycles. The molecule has 3 unspecified atom stereocenters. The average molecular weight is 240 g/mol. The molecule has 0 amide bonds. The van der Waals surface area contributed by atoms with Crippen LogP contribution in [-0.2, 0) is 9.47 Å². The molecule has 3 atom stereocenters. The van der Waals surface area contributed by atoms with Gasteiger partial charge in [0.1, 0.15) is 0 Å². The normalized spacial score (nSPS) is 36.4. The van der Waals surface area contributed by atoms with Gasteiger partial charge in [-0.25, -0.2) is 4.79 Å². The minimum atomic E-state index is -0.549. The maximum atomic E-state index is 10.9. The van der Waals surface area contributed by atoms with Crippen molar-refractivity contribution < 1.29 is 14.3 Å². The van der Waals surface area contributed by atoms with Crippen molar-refractivity contribution in [1.82, 2.24) is 0 Å². The van der Waals surface area contributed by atoms with Crippen molar-refractivity contribution in [2.45, 2.75) is 51.9 Å². The lowest BCUT2D eigenvalue weighted by atomic mass is 9.59. The topological polar surface area (TPSA) is 35.5 Å². The van der Waals surface area contributed by atoms with Crippen LogP contribution in [-0.4, -0.2) is 19.9 Å². The zero-order valence-corrected chi connectivity index (χ0v) is 11.0. The van der Waals surface area contributed by atoms with Gasteiger partial charge in [-0.15, -0.1) is 0 Å². The molecule has 2 rings (SSSR count). The van der Waals surface area contributed by atoms with E-state index in [4.69, 9.17) is 4.74 Å². The van der Waals surface area contributed by atoms with E-state index >= 15 is 0 Å². The number of ether oxygens (including phenoxy) is 2. The lowest BCUT2D eigenvalue weighted by Crippen LogP contribution is -2.35. The smallest absolute Gasteiger partial charge is 0.438 e. The molecule has 3 nitrogen and oxygen atoms in total. The first-order chi connectivity index (χ1) is 8.11. The molecule has 2 fully saturated rings. The molecule has 98 valence electrons. The van der Waals surface area contributed by atoms with Crippen molar-refractivity contribution >= 4 is 6.16 Å². The summed E-state index contributed by atoms with van der Waals surface area (Å²) in [6, 6.07) is 0. The quantitative estimate of drug-likeness (QED) is 0.704. The van der Waals surface area contributed by atoms with Crippen molar-refractivity contribution in [2.24, 2.45) is 17.3 Å². The Morgan fingerprint density at radius 2 is 2.24 bits per heavy atom. The Bertz CT molecular complexity index is 277. The standard InChI is InChI=1S/C14H24O3/c1-14-6-3-4-11(9-14)8-12(10-14)5-7-17-13(15)16-2/h11-12H,3-10H2,1-2H3. The van der Waals surface area contributed by atoms with Crippen molar-refractivity contribution in [3.8, 4) is 0 Å². The Labute approximate surface area is 104 Å². The molecule has 2 aliphatic carbocycles. The zero-order valence-electron chi connectivity index (χ0n) is 11.0. The largest absolute Gasteiger partial charge is 0.507 e. The third-order valence-electron chi connectivity index (χ3n) is 4.53. The molecule has 0 aromatic carbocycles. The number of carbonyl (C=O) groups is 1. The summed E-state index contributed by atoms with van der Waals surface area (Å²) >= 11 is 0. The summed E-state index contributed by atoms with van der Waals surface area (Å²) in [6.07, 6.45) is 8.72. The summed E-state index contributed by atoms with van der Waals surface area (Å²) in [7, 11) is 1.36.